The zero-order chi connectivity index (χ0) is 8.43. The summed E-state index contributed by atoms with van der Waals surface area (Å²) >= 11 is 0. The molecule has 0 aromatic heterocycles. The Morgan fingerprint density at radius 2 is 2.00 bits per heavy atom. The van der Waals surface area contributed by atoms with Crippen molar-refractivity contribution in [2.45, 2.75) is 19.9 Å². The number of phenols is 1. The van der Waals surface area contributed by atoms with E-state index in [9.17, 15) is 5.11 Å². The monoisotopic (exact) mass is 187 g/mol. The summed E-state index contributed by atoms with van der Waals surface area (Å²) in [5, 5.41) is 9.33. The summed E-state index contributed by atoms with van der Waals surface area (Å²) in [7, 11) is 0. The molecule has 0 aliphatic carbocycles. The Morgan fingerprint density at radius 1 is 1.42 bits per heavy atom. The zero-order valence-electron chi connectivity index (χ0n) is 7.24. The zero-order valence-corrected chi connectivity index (χ0v) is 8.06. The van der Waals surface area contributed by atoms with Gasteiger partial charge in [-0.05, 0) is 19.9 Å². The molecule has 1 rings (SSSR count). The highest BCUT2D eigenvalue weighted by atomic mass is 35.5. The maximum absolute atomic E-state index is 9.33. The fourth-order valence-corrected chi connectivity index (χ4v) is 1.04. The number of hydrogen-bond acceptors (Lipinski definition) is 2. The van der Waals surface area contributed by atoms with Crippen LogP contribution in [0.1, 0.15) is 24.1 Å². The molecule has 0 radical (unpaired) electrons. The number of rotatable bonds is 1. The van der Waals surface area contributed by atoms with Crippen LogP contribution < -0.4 is 5.73 Å². The van der Waals surface area contributed by atoms with Crippen LogP contribution in [-0.4, -0.2) is 5.11 Å². The summed E-state index contributed by atoms with van der Waals surface area (Å²) in [5.74, 6) is 0.283. The van der Waals surface area contributed by atoms with E-state index in [-0.39, 0.29) is 24.2 Å². The minimum Gasteiger partial charge on any atom is -0.508 e. The topological polar surface area (TPSA) is 46.2 Å². The van der Waals surface area contributed by atoms with Gasteiger partial charge in [-0.15, -0.1) is 12.4 Å². The van der Waals surface area contributed by atoms with Crippen molar-refractivity contribution in [3.05, 3.63) is 29.3 Å². The van der Waals surface area contributed by atoms with Gasteiger partial charge in [-0.25, -0.2) is 0 Å². The minimum absolute atomic E-state index is 0. The Morgan fingerprint density at radius 3 is 2.42 bits per heavy atom. The van der Waals surface area contributed by atoms with Crippen molar-refractivity contribution in [3.63, 3.8) is 0 Å². The second-order valence-electron chi connectivity index (χ2n) is 2.85. The molecule has 0 aliphatic rings. The Balaban J connectivity index is 0.00000121. The third-order valence-corrected chi connectivity index (χ3v) is 1.67. The van der Waals surface area contributed by atoms with E-state index in [1.807, 2.05) is 26.0 Å². The summed E-state index contributed by atoms with van der Waals surface area (Å²) in [6, 6.07) is 5.34. The van der Waals surface area contributed by atoms with Crippen LogP contribution in [0.2, 0.25) is 0 Å². The van der Waals surface area contributed by atoms with Gasteiger partial charge in [0.25, 0.3) is 0 Å². The first-order valence-corrected chi connectivity index (χ1v) is 3.66. The molecule has 1 aromatic carbocycles. The van der Waals surface area contributed by atoms with Crippen LogP contribution in [0.4, 0.5) is 0 Å². The lowest BCUT2D eigenvalue weighted by Gasteiger charge is -2.08. The van der Waals surface area contributed by atoms with Gasteiger partial charge in [0.05, 0.1) is 0 Å². The second kappa shape index (κ2) is 4.33. The number of phenolic OH excluding ortho intramolecular Hbond substituents is 1. The molecule has 1 atom stereocenters. The van der Waals surface area contributed by atoms with Crippen molar-refractivity contribution in [1.82, 2.24) is 0 Å². The highest BCUT2D eigenvalue weighted by Gasteiger charge is 2.04. The molecule has 68 valence electrons. The highest BCUT2D eigenvalue weighted by Crippen LogP contribution is 2.22. The quantitative estimate of drug-likeness (QED) is 0.708. The maximum atomic E-state index is 9.33. The van der Waals surface area contributed by atoms with Gasteiger partial charge in [0.1, 0.15) is 5.75 Å². The molecule has 0 saturated carbocycles. The van der Waals surface area contributed by atoms with Crippen LogP contribution >= 0.6 is 12.4 Å². The van der Waals surface area contributed by atoms with Crippen LogP contribution in [0, 0.1) is 6.92 Å². The predicted octanol–water partition coefficient (Wildman–Crippen LogP) is 2.14. The van der Waals surface area contributed by atoms with E-state index >= 15 is 0 Å². The van der Waals surface area contributed by atoms with Gasteiger partial charge >= 0.3 is 0 Å². The number of nitrogens with two attached hydrogens (primary N) is 1. The minimum atomic E-state index is -0.102. The van der Waals surface area contributed by atoms with Crippen LogP contribution in [0.15, 0.2) is 18.2 Å². The number of aromatic hydroxyl groups is 1. The lowest BCUT2D eigenvalue weighted by atomic mass is 10.1. The van der Waals surface area contributed by atoms with Gasteiger partial charge in [0.15, 0.2) is 0 Å². The van der Waals surface area contributed by atoms with E-state index in [0.717, 1.165) is 11.1 Å². The van der Waals surface area contributed by atoms with E-state index in [1.165, 1.54) is 0 Å². The lowest BCUT2D eigenvalue weighted by Crippen LogP contribution is -2.05. The average molecular weight is 188 g/mol. The van der Waals surface area contributed by atoms with Crippen molar-refractivity contribution < 1.29 is 5.11 Å². The molecule has 0 aliphatic heterocycles. The van der Waals surface area contributed by atoms with Gasteiger partial charge in [0.2, 0.25) is 0 Å². The molecule has 0 spiro atoms. The predicted molar refractivity (Wildman–Crippen MR) is 52.7 cm³/mol. The number of aryl methyl sites for hydroxylation is 1. The maximum Gasteiger partial charge on any atom is 0.120 e. The molecule has 2 nitrogen and oxygen atoms in total. The van der Waals surface area contributed by atoms with Gasteiger partial charge in [0, 0.05) is 11.6 Å². The Labute approximate surface area is 78.8 Å². The summed E-state index contributed by atoms with van der Waals surface area (Å²) in [6.45, 7) is 3.83. The standard InChI is InChI=1S/C9H13NO.ClH/c1-6-3-4-9(11)8(5-6)7(2)10;/h3-5,7,11H,10H2,1-2H3;1H/t7-;/m1./s1. The van der Waals surface area contributed by atoms with Crippen molar-refractivity contribution >= 4 is 12.4 Å². The van der Waals surface area contributed by atoms with Crippen molar-refractivity contribution in [1.29, 1.82) is 0 Å². The molecule has 0 saturated heterocycles. The molecule has 0 fully saturated rings. The molecule has 3 heteroatoms. The lowest BCUT2D eigenvalue weighted by molar-refractivity contribution is 0.463. The summed E-state index contributed by atoms with van der Waals surface area (Å²) in [5.41, 5.74) is 7.55. The first-order chi connectivity index (χ1) is 5.11. The first kappa shape index (κ1) is 11.3. The summed E-state index contributed by atoms with van der Waals surface area (Å²) in [6.07, 6.45) is 0. The molecule has 0 heterocycles. The van der Waals surface area contributed by atoms with E-state index in [4.69, 9.17) is 5.73 Å². The SMILES string of the molecule is Cc1ccc(O)c([C@@H](C)N)c1.Cl. The normalized spacial score (nSPS) is 11.9. The van der Waals surface area contributed by atoms with Crippen molar-refractivity contribution in [2.24, 2.45) is 5.73 Å². The molecule has 0 bridgehead atoms. The Bertz CT molecular complexity index is 261. The third kappa shape index (κ3) is 2.40. The number of hydrogen-bond donors (Lipinski definition) is 2. The first-order valence-electron chi connectivity index (χ1n) is 3.66. The van der Waals surface area contributed by atoms with Crippen molar-refractivity contribution in [2.75, 3.05) is 0 Å². The molecule has 12 heavy (non-hydrogen) atoms. The van der Waals surface area contributed by atoms with E-state index in [1.54, 1.807) is 6.07 Å². The second-order valence-corrected chi connectivity index (χ2v) is 2.85. The van der Waals surface area contributed by atoms with Gasteiger partial charge in [-0.1, -0.05) is 17.7 Å². The summed E-state index contributed by atoms with van der Waals surface area (Å²) in [4.78, 5) is 0. The van der Waals surface area contributed by atoms with Crippen LogP contribution in [0.3, 0.4) is 0 Å². The van der Waals surface area contributed by atoms with E-state index < -0.39 is 0 Å². The highest BCUT2D eigenvalue weighted by molar-refractivity contribution is 5.85. The van der Waals surface area contributed by atoms with Gasteiger partial charge in [-0.2, -0.15) is 0 Å². The Hall–Kier alpha value is -0.730. The van der Waals surface area contributed by atoms with Gasteiger partial charge in [-0.3, -0.25) is 0 Å². The van der Waals surface area contributed by atoms with Gasteiger partial charge < -0.3 is 10.8 Å². The average Bonchev–Trinajstić information content (AvgIpc) is 1.94. The van der Waals surface area contributed by atoms with E-state index in [0.29, 0.717) is 0 Å². The van der Waals surface area contributed by atoms with Crippen molar-refractivity contribution in [3.8, 4) is 5.75 Å². The fraction of sp³-hybridized carbons (Fsp3) is 0.333. The molecule has 0 amide bonds. The smallest absolute Gasteiger partial charge is 0.120 e. The van der Waals surface area contributed by atoms with Crippen LogP contribution in [0.25, 0.3) is 0 Å². The molecular weight excluding hydrogens is 174 g/mol. The number of halogens is 1. The third-order valence-electron chi connectivity index (χ3n) is 1.67. The summed E-state index contributed by atoms with van der Waals surface area (Å²) < 4.78 is 0. The molecule has 0 unspecified atom stereocenters. The molecule has 1 aromatic rings. The fourth-order valence-electron chi connectivity index (χ4n) is 1.04. The molecular formula is C9H14ClNO. The van der Waals surface area contributed by atoms with E-state index in [2.05, 4.69) is 0 Å². The Kier molecular flexibility index (Phi) is 4.07. The number of benzene rings is 1. The largest absolute Gasteiger partial charge is 0.508 e. The van der Waals surface area contributed by atoms with Crippen LogP contribution in [0.5, 0.6) is 5.75 Å². The molecule has 3 N–H and O–H groups in total. The van der Waals surface area contributed by atoms with Crippen LogP contribution in [-0.2, 0) is 0 Å².